The Morgan fingerprint density at radius 3 is 2.24 bits per heavy atom. The lowest BCUT2D eigenvalue weighted by Gasteiger charge is -2.27. The van der Waals surface area contributed by atoms with E-state index in [4.69, 9.17) is 9.47 Å². The van der Waals surface area contributed by atoms with Crippen molar-refractivity contribution in [2.45, 2.75) is 46.3 Å². The number of hydrogen-bond donors (Lipinski definition) is 1. The van der Waals surface area contributed by atoms with Crippen molar-refractivity contribution in [2.24, 2.45) is 0 Å². The van der Waals surface area contributed by atoms with Gasteiger partial charge in [0.2, 0.25) is 0 Å². The monoisotopic (exact) mass is 506 g/mol. The number of rotatable bonds is 13. The maximum Gasteiger partial charge on any atom is 0.295 e. The Labute approximate surface area is 220 Å². The number of aliphatic hydroxyl groups excluding tert-OH is 1. The van der Waals surface area contributed by atoms with Gasteiger partial charge in [0.05, 0.1) is 17.7 Å². The van der Waals surface area contributed by atoms with Crippen molar-refractivity contribution < 1.29 is 24.2 Å². The van der Waals surface area contributed by atoms with E-state index in [-0.39, 0.29) is 17.4 Å². The van der Waals surface area contributed by atoms with Crippen molar-refractivity contribution in [1.82, 2.24) is 9.80 Å². The number of aliphatic hydroxyl groups is 1. The standard InChI is InChI=1S/C30H38N2O5/c1-6-20-36-24-14-12-23(13-15-24)28(33)26-27(22-10-16-25(17-11-22)37-21(4)5)32(30(35)29(26)34)19-9-18-31(7-2)8-3/h6,10-17,21,27,33H,1,7-9,18-20H2,2-5H3/b28-26+/t27-/m1/s1. The molecule has 7 nitrogen and oxygen atoms in total. The molecule has 0 aromatic heterocycles. The number of hydrogen-bond acceptors (Lipinski definition) is 6. The van der Waals surface area contributed by atoms with E-state index < -0.39 is 17.7 Å². The van der Waals surface area contributed by atoms with Gasteiger partial charge < -0.3 is 24.4 Å². The summed E-state index contributed by atoms with van der Waals surface area (Å²) in [5.41, 5.74) is 1.27. The number of ether oxygens (including phenoxy) is 2. The molecule has 198 valence electrons. The fourth-order valence-corrected chi connectivity index (χ4v) is 4.48. The van der Waals surface area contributed by atoms with Gasteiger partial charge in [-0.1, -0.05) is 38.6 Å². The average molecular weight is 507 g/mol. The van der Waals surface area contributed by atoms with Gasteiger partial charge in [-0.05, 0) is 81.9 Å². The third kappa shape index (κ3) is 6.80. The molecule has 1 saturated heterocycles. The van der Waals surface area contributed by atoms with Gasteiger partial charge in [0.25, 0.3) is 11.7 Å². The maximum atomic E-state index is 13.3. The predicted octanol–water partition coefficient (Wildman–Crippen LogP) is 5.19. The van der Waals surface area contributed by atoms with Crippen LogP contribution >= 0.6 is 0 Å². The predicted molar refractivity (Wildman–Crippen MR) is 146 cm³/mol. The Morgan fingerprint density at radius 1 is 1.05 bits per heavy atom. The zero-order valence-electron chi connectivity index (χ0n) is 22.3. The first-order valence-corrected chi connectivity index (χ1v) is 12.9. The lowest BCUT2D eigenvalue weighted by atomic mass is 9.95. The summed E-state index contributed by atoms with van der Waals surface area (Å²) >= 11 is 0. The lowest BCUT2D eigenvalue weighted by molar-refractivity contribution is -0.140. The molecule has 0 bridgehead atoms. The fraction of sp³-hybridized carbons (Fsp3) is 0.400. The zero-order chi connectivity index (χ0) is 26.9. The molecular weight excluding hydrogens is 468 g/mol. The van der Waals surface area contributed by atoms with E-state index in [1.165, 1.54) is 0 Å². The number of benzene rings is 2. The molecule has 1 N–H and O–H groups in total. The molecule has 0 radical (unpaired) electrons. The zero-order valence-corrected chi connectivity index (χ0v) is 22.3. The fourth-order valence-electron chi connectivity index (χ4n) is 4.48. The highest BCUT2D eigenvalue weighted by Gasteiger charge is 2.45. The summed E-state index contributed by atoms with van der Waals surface area (Å²) in [4.78, 5) is 30.3. The number of carbonyl (C=O) groups is 2. The van der Waals surface area contributed by atoms with Crippen LogP contribution in [0.2, 0.25) is 0 Å². The van der Waals surface area contributed by atoms with Gasteiger partial charge in [-0.25, -0.2) is 0 Å². The van der Waals surface area contributed by atoms with Crippen LogP contribution in [0.1, 0.15) is 51.3 Å². The summed E-state index contributed by atoms with van der Waals surface area (Å²) in [5, 5.41) is 11.3. The van der Waals surface area contributed by atoms with Crippen LogP contribution in [0, 0.1) is 0 Å². The summed E-state index contributed by atoms with van der Waals surface area (Å²) < 4.78 is 11.3. The highest BCUT2D eigenvalue weighted by molar-refractivity contribution is 6.46. The van der Waals surface area contributed by atoms with E-state index in [0.29, 0.717) is 30.2 Å². The van der Waals surface area contributed by atoms with Crippen molar-refractivity contribution in [3.8, 4) is 11.5 Å². The summed E-state index contributed by atoms with van der Waals surface area (Å²) in [6.07, 6.45) is 2.39. The van der Waals surface area contributed by atoms with Crippen LogP contribution in [-0.4, -0.2) is 65.5 Å². The molecule has 3 rings (SSSR count). The van der Waals surface area contributed by atoms with Gasteiger partial charge in [0, 0.05) is 12.1 Å². The molecule has 1 aliphatic heterocycles. The number of carbonyl (C=O) groups excluding carboxylic acids is 2. The minimum atomic E-state index is -0.693. The number of ketones is 1. The molecule has 7 heteroatoms. The van der Waals surface area contributed by atoms with Gasteiger partial charge in [-0.3, -0.25) is 9.59 Å². The summed E-state index contributed by atoms with van der Waals surface area (Å²) in [6.45, 7) is 15.2. The Kier molecular flexibility index (Phi) is 9.92. The number of nitrogens with zero attached hydrogens (tertiary/aromatic N) is 2. The van der Waals surface area contributed by atoms with Crippen molar-refractivity contribution >= 4 is 17.4 Å². The number of likely N-dealkylation sites (tertiary alicyclic amines) is 1. The molecule has 2 aromatic rings. The molecule has 1 aliphatic rings. The molecule has 1 amide bonds. The van der Waals surface area contributed by atoms with E-state index >= 15 is 0 Å². The molecule has 2 aromatic carbocycles. The Bertz CT molecular complexity index is 1100. The smallest absolute Gasteiger partial charge is 0.295 e. The second kappa shape index (κ2) is 13.1. The number of amides is 1. The first-order chi connectivity index (χ1) is 17.8. The van der Waals surface area contributed by atoms with E-state index in [1.54, 1.807) is 35.2 Å². The van der Waals surface area contributed by atoms with Gasteiger partial charge in [-0.15, -0.1) is 0 Å². The van der Waals surface area contributed by atoms with Gasteiger partial charge >= 0.3 is 0 Å². The summed E-state index contributed by atoms with van der Waals surface area (Å²) in [7, 11) is 0. The molecule has 0 aliphatic carbocycles. The quantitative estimate of drug-likeness (QED) is 0.174. The van der Waals surface area contributed by atoms with E-state index in [0.717, 1.165) is 31.6 Å². The Morgan fingerprint density at radius 2 is 1.68 bits per heavy atom. The van der Waals surface area contributed by atoms with Crippen LogP contribution < -0.4 is 9.47 Å². The normalized spacial score (nSPS) is 17.0. The molecule has 1 fully saturated rings. The van der Waals surface area contributed by atoms with Gasteiger partial charge in [0.1, 0.15) is 23.9 Å². The van der Waals surface area contributed by atoms with E-state index in [1.807, 2.05) is 38.1 Å². The van der Waals surface area contributed by atoms with Crippen LogP contribution in [0.15, 0.2) is 66.8 Å². The van der Waals surface area contributed by atoms with Gasteiger partial charge in [0.15, 0.2) is 0 Å². The Hall–Kier alpha value is -3.58. The van der Waals surface area contributed by atoms with Crippen LogP contribution in [0.25, 0.3) is 5.76 Å². The first kappa shape index (κ1) is 28.0. The van der Waals surface area contributed by atoms with Crippen molar-refractivity contribution in [3.63, 3.8) is 0 Å². The van der Waals surface area contributed by atoms with E-state index in [9.17, 15) is 14.7 Å². The lowest BCUT2D eigenvalue weighted by Crippen LogP contribution is -2.33. The second-order valence-corrected chi connectivity index (χ2v) is 9.23. The van der Waals surface area contributed by atoms with Crippen molar-refractivity contribution in [1.29, 1.82) is 0 Å². The highest BCUT2D eigenvalue weighted by Crippen LogP contribution is 2.40. The third-order valence-corrected chi connectivity index (χ3v) is 6.37. The molecule has 1 atom stereocenters. The maximum absolute atomic E-state index is 13.3. The first-order valence-electron chi connectivity index (χ1n) is 12.9. The van der Waals surface area contributed by atoms with Crippen LogP contribution in [0.3, 0.4) is 0 Å². The highest BCUT2D eigenvalue weighted by atomic mass is 16.5. The molecular formula is C30H38N2O5. The molecule has 1 heterocycles. The SMILES string of the molecule is C=CCOc1ccc(/C(O)=C2\C(=O)C(=O)N(CCCN(CC)CC)[C@@H]2c2ccc(OC(C)C)cc2)cc1. The number of Topliss-reactive ketones (excluding diaryl/α,β-unsaturated/α-hetero) is 1. The van der Waals surface area contributed by atoms with Crippen LogP contribution in [-0.2, 0) is 9.59 Å². The average Bonchev–Trinajstić information content (AvgIpc) is 3.15. The third-order valence-electron chi connectivity index (χ3n) is 6.37. The Balaban J connectivity index is 1.99. The van der Waals surface area contributed by atoms with Crippen molar-refractivity contribution in [2.75, 3.05) is 32.8 Å². The molecule has 0 saturated carbocycles. The van der Waals surface area contributed by atoms with Crippen LogP contribution in [0.4, 0.5) is 0 Å². The topological polar surface area (TPSA) is 79.3 Å². The molecule has 0 unspecified atom stereocenters. The van der Waals surface area contributed by atoms with Gasteiger partial charge in [-0.2, -0.15) is 0 Å². The second-order valence-electron chi connectivity index (χ2n) is 9.23. The van der Waals surface area contributed by atoms with Crippen LogP contribution in [0.5, 0.6) is 11.5 Å². The molecule has 37 heavy (non-hydrogen) atoms. The molecule has 0 spiro atoms. The minimum Gasteiger partial charge on any atom is -0.507 e. The van der Waals surface area contributed by atoms with Crippen molar-refractivity contribution in [3.05, 3.63) is 77.9 Å². The largest absolute Gasteiger partial charge is 0.507 e. The summed E-state index contributed by atoms with van der Waals surface area (Å²) in [5.74, 6) is -0.162. The summed E-state index contributed by atoms with van der Waals surface area (Å²) in [6, 6.07) is 13.5. The van der Waals surface area contributed by atoms with E-state index in [2.05, 4.69) is 25.3 Å². The minimum absolute atomic E-state index is 0.0231.